The third kappa shape index (κ3) is 8.75. The van der Waals surface area contributed by atoms with Gasteiger partial charge in [0.1, 0.15) is 27.7 Å². The smallest absolute Gasteiger partial charge is 0.410 e. The van der Waals surface area contributed by atoms with Crippen molar-refractivity contribution in [2.45, 2.75) is 85.2 Å². The van der Waals surface area contributed by atoms with Crippen molar-refractivity contribution in [2.75, 3.05) is 20.2 Å². The molecule has 3 rings (SSSR count). The monoisotopic (exact) mass is 727 g/mol. The van der Waals surface area contributed by atoms with E-state index in [1.165, 1.54) is 4.90 Å². The van der Waals surface area contributed by atoms with Gasteiger partial charge in [0.05, 0.1) is 29.1 Å². The zero-order chi connectivity index (χ0) is 33.4. The van der Waals surface area contributed by atoms with E-state index >= 15 is 0 Å². The summed E-state index contributed by atoms with van der Waals surface area (Å²) in [5.74, 6) is 0.913. The van der Waals surface area contributed by atoms with Gasteiger partial charge in [-0.15, -0.1) is 0 Å². The molecule has 1 atom stereocenters. The molecule has 0 fully saturated rings. The van der Waals surface area contributed by atoms with Gasteiger partial charge in [-0.05, 0) is 86.9 Å². The van der Waals surface area contributed by atoms with Gasteiger partial charge in [-0.2, -0.15) is 5.10 Å². The molecule has 0 saturated heterocycles. The largest absolute Gasteiger partial charge is 0.491 e. The summed E-state index contributed by atoms with van der Waals surface area (Å²) in [5, 5.41) is 5.19. The van der Waals surface area contributed by atoms with Gasteiger partial charge in [-0.25, -0.2) is 14.8 Å². The Labute approximate surface area is 280 Å². The summed E-state index contributed by atoms with van der Waals surface area (Å²) in [6, 6.07) is 5.32. The van der Waals surface area contributed by atoms with Crippen LogP contribution in [0.25, 0.3) is 22.8 Å². The van der Waals surface area contributed by atoms with Crippen molar-refractivity contribution in [1.29, 1.82) is 0 Å². The van der Waals surface area contributed by atoms with Gasteiger partial charge in [-0.1, -0.05) is 44.0 Å². The maximum atomic E-state index is 12.8. The lowest BCUT2D eigenvalue weighted by Gasteiger charge is -2.40. The highest BCUT2D eigenvalue weighted by Crippen LogP contribution is 2.38. The number of rotatable bonds is 9. The average molecular weight is 730 g/mol. The average Bonchev–Trinajstić information content (AvgIpc) is 3.13. The molecule has 0 aliphatic carbocycles. The van der Waals surface area contributed by atoms with Crippen molar-refractivity contribution >= 4 is 53.5 Å². The Bertz CT molecular complexity index is 1520. The quantitative estimate of drug-likeness (QED) is 0.161. The van der Waals surface area contributed by atoms with Gasteiger partial charge < -0.3 is 18.8 Å². The Balaban J connectivity index is 1.93. The molecule has 0 radical (unpaired) electrons. The molecule has 0 spiro atoms. The number of aryl methyl sites for hydroxylation is 1. The zero-order valence-electron chi connectivity index (χ0n) is 27.7. The number of halogens is 3. The van der Waals surface area contributed by atoms with Crippen molar-refractivity contribution < 1.29 is 18.7 Å². The molecule has 2 aromatic heterocycles. The predicted octanol–water partition coefficient (Wildman–Crippen LogP) is 8.87. The van der Waals surface area contributed by atoms with Crippen LogP contribution >= 0.6 is 39.1 Å². The third-order valence-electron chi connectivity index (χ3n) is 7.60. The van der Waals surface area contributed by atoms with Gasteiger partial charge in [0, 0.05) is 30.8 Å². The van der Waals surface area contributed by atoms with Crippen LogP contribution in [-0.2, 0) is 16.2 Å². The summed E-state index contributed by atoms with van der Waals surface area (Å²) in [4.78, 5) is 23.7. The number of benzene rings is 1. The molecule has 1 aromatic carbocycles. The molecule has 0 unspecified atom stereocenters. The van der Waals surface area contributed by atoms with Gasteiger partial charge >= 0.3 is 6.09 Å². The number of carbonyl (C=O) groups is 1. The van der Waals surface area contributed by atoms with Crippen molar-refractivity contribution in [3.05, 3.63) is 44.1 Å². The van der Waals surface area contributed by atoms with Crippen LogP contribution in [0.4, 0.5) is 4.79 Å². The van der Waals surface area contributed by atoms with Gasteiger partial charge in [0.2, 0.25) is 0 Å². The number of ether oxygens (including phenoxy) is 2. The van der Waals surface area contributed by atoms with E-state index < -0.39 is 26.1 Å². The fraction of sp³-hybridized carbons (Fsp3) is 0.548. The van der Waals surface area contributed by atoms with Crippen molar-refractivity contribution in [3.8, 4) is 28.5 Å². The minimum Gasteiger partial charge on any atom is -0.491 e. The first-order valence-corrected chi connectivity index (χ1v) is 18.8. The Morgan fingerprint density at radius 1 is 1.09 bits per heavy atom. The number of amides is 1. The van der Waals surface area contributed by atoms with Crippen LogP contribution in [0.5, 0.6) is 5.75 Å². The third-order valence-corrected chi connectivity index (χ3v) is 13.6. The van der Waals surface area contributed by atoms with Crippen LogP contribution in [0.15, 0.2) is 22.8 Å². The van der Waals surface area contributed by atoms with E-state index in [1.807, 2.05) is 41.7 Å². The van der Waals surface area contributed by atoms with E-state index in [0.29, 0.717) is 39.6 Å². The van der Waals surface area contributed by atoms with Crippen LogP contribution in [0, 0.1) is 13.8 Å². The van der Waals surface area contributed by atoms with Crippen LogP contribution in [0.2, 0.25) is 28.3 Å². The summed E-state index contributed by atoms with van der Waals surface area (Å²) >= 11 is 16.8. The molecular formula is C31H44BrCl2N5O4Si. The number of nitrogens with zero attached hydrogens (tertiary/aromatic N) is 5. The SMILES string of the molecule is Cc1c(Cl)nc(-c2cc(OC[C@@H](CN(C)C(=O)OC(C)(C)C)O[Si](C)(C)C(C)(C)C)ccc2Cl)nc1-c1c(C)c(Br)nn1C. The highest BCUT2D eigenvalue weighted by atomic mass is 79.9. The molecular weight excluding hydrogens is 685 g/mol. The van der Waals surface area contributed by atoms with Gasteiger partial charge in [0.25, 0.3) is 0 Å². The molecule has 13 heteroatoms. The summed E-state index contributed by atoms with van der Waals surface area (Å²) in [6.45, 7) is 20.7. The standard InChI is InChI=1S/C31H44BrCl2N5O4Si/c1-18-24(25-19(2)26(32)37-39(25)10)35-28(36-27(18)34)22-15-20(13-14-23(22)33)41-17-21(43-44(11,12)31(6,7)8)16-38(9)29(40)42-30(3,4)5/h13-15,21H,16-17H2,1-12H3/t21-/m1/s1. The lowest BCUT2D eigenvalue weighted by molar-refractivity contribution is 0.0172. The molecule has 0 aliphatic rings. The molecule has 3 aromatic rings. The Kier molecular flexibility index (Phi) is 11.3. The minimum absolute atomic E-state index is 0.0370. The summed E-state index contributed by atoms with van der Waals surface area (Å²) in [7, 11) is 1.35. The molecule has 0 N–H and O–H groups in total. The second-order valence-electron chi connectivity index (χ2n) is 13.5. The molecule has 2 heterocycles. The normalized spacial score (nSPS) is 13.2. The first-order chi connectivity index (χ1) is 20.1. The molecule has 44 heavy (non-hydrogen) atoms. The fourth-order valence-corrected chi connectivity index (χ4v) is 6.29. The Morgan fingerprint density at radius 3 is 2.27 bits per heavy atom. The lowest BCUT2D eigenvalue weighted by atomic mass is 10.1. The molecule has 9 nitrogen and oxygen atoms in total. The van der Waals surface area contributed by atoms with Crippen LogP contribution in [-0.4, -0.2) is 71.0 Å². The van der Waals surface area contributed by atoms with E-state index in [2.05, 4.69) is 59.9 Å². The number of hydrogen-bond donors (Lipinski definition) is 0. The van der Waals surface area contributed by atoms with Crippen molar-refractivity contribution in [1.82, 2.24) is 24.6 Å². The highest BCUT2D eigenvalue weighted by molar-refractivity contribution is 9.10. The number of likely N-dealkylation sites (N-methyl/N-ethyl adjacent to an activating group) is 1. The van der Waals surface area contributed by atoms with E-state index in [1.54, 1.807) is 29.9 Å². The second-order valence-corrected chi connectivity index (χ2v) is 19.8. The maximum Gasteiger partial charge on any atom is 0.410 e. The van der Waals surface area contributed by atoms with E-state index in [-0.39, 0.29) is 11.6 Å². The first kappa shape index (κ1) is 36.3. The summed E-state index contributed by atoms with van der Waals surface area (Å²) in [6.07, 6.45) is -0.828. The second kappa shape index (κ2) is 13.7. The summed E-state index contributed by atoms with van der Waals surface area (Å²) in [5.41, 5.74) is 3.11. The molecule has 0 saturated carbocycles. The first-order valence-electron chi connectivity index (χ1n) is 14.4. The van der Waals surface area contributed by atoms with Gasteiger partial charge in [-0.3, -0.25) is 4.68 Å². The number of carbonyl (C=O) groups excluding carboxylic acids is 1. The lowest BCUT2D eigenvalue weighted by Crippen LogP contribution is -2.49. The van der Waals surface area contributed by atoms with Crippen molar-refractivity contribution in [2.24, 2.45) is 7.05 Å². The van der Waals surface area contributed by atoms with Crippen LogP contribution < -0.4 is 4.74 Å². The van der Waals surface area contributed by atoms with E-state index in [0.717, 1.165) is 21.4 Å². The zero-order valence-corrected chi connectivity index (χ0v) is 31.8. The highest BCUT2D eigenvalue weighted by Gasteiger charge is 2.40. The fourth-order valence-electron chi connectivity index (χ4n) is 4.16. The van der Waals surface area contributed by atoms with Crippen LogP contribution in [0.3, 0.4) is 0 Å². The number of aromatic nitrogens is 4. The molecule has 242 valence electrons. The molecule has 0 aliphatic heterocycles. The van der Waals surface area contributed by atoms with Crippen molar-refractivity contribution in [3.63, 3.8) is 0 Å². The maximum absolute atomic E-state index is 12.8. The summed E-state index contributed by atoms with van der Waals surface area (Å²) < 4.78 is 21.1. The van der Waals surface area contributed by atoms with Gasteiger partial charge in [0.15, 0.2) is 14.1 Å². The van der Waals surface area contributed by atoms with E-state index in [4.69, 9.17) is 42.1 Å². The van der Waals surface area contributed by atoms with E-state index in [9.17, 15) is 4.79 Å². The minimum atomic E-state index is -2.21. The molecule has 1 amide bonds. The topological polar surface area (TPSA) is 91.6 Å². The molecule has 0 bridgehead atoms. The predicted molar refractivity (Wildman–Crippen MR) is 183 cm³/mol. The Morgan fingerprint density at radius 2 is 1.73 bits per heavy atom. The number of hydrogen-bond acceptors (Lipinski definition) is 7. The van der Waals surface area contributed by atoms with Crippen LogP contribution in [0.1, 0.15) is 52.7 Å². The Hall–Kier alpha value is -2.18.